The molecule has 0 aliphatic heterocycles. The van der Waals surface area contributed by atoms with Gasteiger partial charge in [-0.25, -0.2) is 8.98 Å². The van der Waals surface area contributed by atoms with Crippen LogP contribution in [0, 0.1) is 0 Å². The van der Waals surface area contributed by atoms with E-state index < -0.39 is 28.1 Å². The molecule has 0 aromatic rings. The number of esters is 1. The standard InChI is InChI=1S/C10H18O6S/c1-6-9(11)15-8(2)7-10(3,4)16-17(12,13)14-5/h6,8H,1,7H2,2-5H3. The molecule has 1 atom stereocenters. The van der Waals surface area contributed by atoms with Crippen LogP contribution in [0.5, 0.6) is 0 Å². The third-order valence-electron chi connectivity index (χ3n) is 1.79. The topological polar surface area (TPSA) is 78.9 Å². The summed E-state index contributed by atoms with van der Waals surface area (Å²) in [5, 5.41) is 0. The van der Waals surface area contributed by atoms with Crippen molar-refractivity contribution in [2.24, 2.45) is 0 Å². The highest BCUT2D eigenvalue weighted by Crippen LogP contribution is 2.21. The van der Waals surface area contributed by atoms with Crippen molar-refractivity contribution < 1.29 is 26.3 Å². The fourth-order valence-corrected chi connectivity index (χ4v) is 2.01. The Kier molecular flexibility index (Phi) is 5.80. The monoisotopic (exact) mass is 266 g/mol. The molecule has 17 heavy (non-hydrogen) atoms. The van der Waals surface area contributed by atoms with E-state index in [2.05, 4.69) is 10.8 Å². The maximum absolute atomic E-state index is 11.1. The Morgan fingerprint density at radius 1 is 1.47 bits per heavy atom. The van der Waals surface area contributed by atoms with E-state index in [-0.39, 0.29) is 6.42 Å². The minimum absolute atomic E-state index is 0.204. The zero-order chi connectivity index (χ0) is 13.7. The number of ether oxygens (including phenoxy) is 1. The predicted molar refractivity (Wildman–Crippen MR) is 61.5 cm³/mol. The molecule has 0 aliphatic rings. The van der Waals surface area contributed by atoms with E-state index >= 15 is 0 Å². The van der Waals surface area contributed by atoms with Crippen molar-refractivity contribution in [3.63, 3.8) is 0 Å². The smallest absolute Gasteiger partial charge is 0.400 e. The van der Waals surface area contributed by atoms with Crippen molar-refractivity contribution in [1.29, 1.82) is 0 Å². The molecule has 0 spiro atoms. The second-order valence-electron chi connectivity index (χ2n) is 4.07. The van der Waals surface area contributed by atoms with Crippen molar-refractivity contribution in [3.05, 3.63) is 12.7 Å². The van der Waals surface area contributed by atoms with Crippen LogP contribution in [0.4, 0.5) is 0 Å². The highest BCUT2D eigenvalue weighted by molar-refractivity contribution is 7.81. The molecule has 7 heteroatoms. The predicted octanol–water partition coefficient (Wildman–Crippen LogP) is 1.18. The van der Waals surface area contributed by atoms with Crippen LogP contribution in [0.3, 0.4) is 0 Å². The lowest BCUT2D eigenvalue weighted by Crippen LogP contribution is -2.33. The minimum atomic E-state index is -4.02. The lowest BCUT2D eigenvalue weighted by atomic mass is 10.0. The van der Waals surface area contributed by atoms with Crippen molar-refractivity contribution in [3.8, 4) is 0 Å². The molecule has 6 nitrogen and oxygen atoms in total. The first-order valence-electron chi connectivity index (χ1n) is 4.96. The van der Waals surface area contributed by atoms with Crippen molar-refractivity contribution in [2.45, 2.75) is 38.9 Å². The van der Waals surface area contributed by atoms with Gasteiger partial charge in [-0.3, -0.25) is 4.18 Å². The molecule has 0 bridgehead atoms. The van der Waals surface area contributed by atoms with Crippen molar-refractivity contribution in [1.82, 2.24) is 0 Å². The van der Waals surface area contributed by atoms with Crippen LogP contribution in [-0.2, 0) is 28.3 Å². The summed E-state index contributed by atoms with van der Waals surface area (Å²) in [5.41, 5.74) is -1.03. The van der Waals surface area contributed by atoms with Crippen LogP contribution < -0.4 is 0 Å². The Labute approximate surface area is 102 Å². The third kappa shape index (κ3) is 7.09. The molecule has 0 N–H and O–H groups in total. The van der Waals surface area contributed by atoms with Crippen LogP contribution >= 0.6 is 0 Å². The summed E-state index contributed by atoms with van der Waals surface area (Å²) in [6.45, 7) is 8.01. The van der Waals surface area contributed by atoms with E-state index in [9.17, 15) is 13.2 Å². The maximum Gasteiger partial charge on any atom is 0.400 e. The van der Waals surface area contributed by atoms with Gasteiger partial charge < -0.3 is 4.74 Å². The summed E-state index contributed by atoms with van der Waals surface area (Å²) in [4.78, 5) is 10.9. The Morgan fingerprint density at radius 2 is 2.00 bits per heavy atom. The van der Waals surface area contributed by atoms with Gasteiger partial charge in [0.25, 0.3) is 0 Å². The van der Waals surface area contributed by atoms with Gasteiger partial charge in [-0.05, 0) is 20.8 Å². The zero-order valence-electron chi connectivity index (χ0n) is 10.4. The highest BCUT2D eigenvalue weighted by atomic mass is 32.3. The van der Waals surface area contributed by atoms with Crippen LogP contribution in [0.2, 0.25) is 0 Å². The summed E-state index contributed by atoms with van der Waals surface area (Å²) in [6, 6.07) is 0. The molecule has 0 aromatic carbocycles. The lowest BCUT2D eigenvalue weighted by Gasteiger charge is -2.26. The average molecular weight is 266 g/mol. The molecule has 0 heterocycles. The van der Waals surface area contributed by atoms with E-state index in [1.807, 2.05) is 0 Å². The minimum Gasteiger partial charge on any atom is -0.459 e. The van der Waals surface area contributed by atoms with E-state index in [1.54, 1.807) is 20.8 Å². The fraction of sp³-hybridized carbons (Fsp3) is 0.700. The molecule has 1 unspecified atom stereocenters. The van der Waals surface area contributed by atoms with Gasteiger partial charge in [-0.1, -0.05) is 6.58 Å². The first-order chi connectivity index (χ1) is 7.62. The average Bonchev–Trinajstić information content (AvgIpc) is 2.14. The number of hydrogen-bond acceptors (Lipinski definition) is 6. The summed E-state index contributed by atoms with van der Waals surface area (Å²) < 4.78 is 36.1. The Hall–Kier alpha value is -0.920. The highest BCUT2D eigenvalue weighted by Gasteiger charge is 2.29. The lowest BCUT2D eigenvalue weighted by molar-refractivity contribution is -0.144. The van der Waals surface area contributed by atoms with E-state index in [0.717, 1.165) is 13.2 Å². The first kappa shape index (κ1) is 16.1. The van der Waals surface area contributed by atoms with Crippen LogP contribution in [-0.4, -0.2) is 33.2 Å². The third-order valence-corrected chi connectivity index (χ3v) is 2.86. The van der Waals surface area contributed by atoms with Crippen LogP contribution in [0.15, 0.2) is 12.7 Å². The number of carbonyl (C=O) groups is 1. The fourth-order valence-electron chi connectivity index (χ4n) is 1.32. The maximum atomic E-state index is 11.1. The molecule has 0 amide bonds. The summed E-state index contributed by atoms with van der Waals surface area (Å²) in [7, 11) is -3.01. The number of carbonyl (C=O) groups excluding carboxylic acids is 1. The molecule has 0 fully saturated rings. The summed E-state index contributed by atoms with van der Waals surface area (Å²) in [5.74, 6) is -0.567. The Bertz CT molecular complexity index is 370. The van der Waals surface area contributed by atoms with Crippen molar-refractivity contribution in [2.75, 3.05) is 7.11 Å². The molecule has 0 aliphatic carbocycles. The summed E-state index contributed by atoms with van der Waals surface area (Å²) in [6.07, 6.45) is 0.744. The zero-order valence-corrected chi connectivity index (χ0v) is 11.2. The van der Waals surface area contributed by atoms with E-state index in [4.69, 9.17) is 8.92 Å². The molecular weight excluding hydrogens is 248 g/mol. The largest absolute Gasteiger partial charge is 0.459 e. The van der Waals surface area contributed by atoms with Crippen LogP contribution in [0.1, 0.15) is 27.2 Å². The summed E-state index contributed by atoms with van der Waals surface area (Å²) >= 11 is 0. The Balaban J connectivity index is 4.44. The van der Waals surface area contributed by atoms with Gasteiger partial charge >= 0.3 is 16.4 Å². The molecule has 0 radical (unpaired) electrons. The molecular formula is C10H18O6S. The van der Waals surface area contributed by atoms with Crippen LogP contribution in [0.25, 0.3) is 0 Å². The van der Waals surface area contributed by atoms with E-state index in [0.29, 0.717) is 0 Å². The van der Waals surface area contributed by atoms with Crippen molar-refractivity contribution >= 4 is 16.4 Å². The molecule has 0 rings (SSSR count). The second-order valence-corrected chi connectivity index (χ2v) is 5.39. The van der Waals surface area contributed by atoms with Gasteiger partial charge in [-0.2, -0.15) is 8.42 Å². The van der Waals surface area contributed by atoms with Gasteiger partial charge in [0.1, 0.15) is 6.10 Å². The SMILES string of the molecule is C=CC(=O)OC(C)CC(C)(C)OS(=O)(=O)OC. The van der Waals surface area contributed by atoms with Gasteiger partial charge in [0.15, 0.2) is 0 Å². The van der Waals surface area contributed by atoms with Gasteiger partial charge in [0.05, 0.1) is 12.7 Å². The second kappa shape index (κ2) is 6.13. The molecule has 0 saturated heterocycles. The van der Waals surface area contributed by atoms with Gasteiger partial charge in [0.2, 0.25) is 0 Å². The molecule has 0 saturated carbocycles. The quantitative estimate of drug-likeness (QED) is 0.508. The first-order valence-corrected chi connectivity index (χ1v) is 6.29. The number of hydrogen-bond donors (Lipinski definition) is 0. The van der Waals surface area contributed by atoms with Gasteiger partial charge in [0, 0.05) is 12.5 Å². The molecule has 100 valence electrons. The Morgan fingerprint density at radius 3 is 2.41 bits per heavy atom. The number of rotatable bonds is 7. The van der Waals surface area contributed by atoms with E-state index in [1.165, 1.54) is 0 Å². The van der Waals surface area contributed by atoms with Gasteiger partial charge in [-0.15, -0.1) is 0 Å². The normalized spacial score (nSPS) is 14.1. The molecule has 0 aromatic heterocycles.